The normalized spacial score (nSPS) is 15.2. The molecule has 1 aliphatic carbocycles. The minimum Gasteiger partial charge on any atom is -0.497 e. The van der Waals surface area contributed by atoms with Gasteiger partial charge in [0.05, 0.1) is 7.11 Å². The van der Waals surface area contributed by atoms with Gasteiger partial charge in [0.25, 0.3) is 0 Å². The lowest BCUT2D eigenvalue weighted by molar-refractivity contribution is 0.251. The van der Waals surface area contributed by atoms with Gasteiger partial charge in [-0.25, -0.2) is 4.79 Å². The minimum atomic E-state index is -0.136. The van der Waals surface area contributed by atoms with E-state index >= 15 is 0 Å². The average molecular weight is 262 g/mol. The van der Waals surface area contributed by atoms with Gasteiger partial charge in [-0.3, -0.25) is 0 Å². The van der Waals surface area contributed by atoms with Crippen LogP contribution in [0.3, 0.4) is 0 Å². The van der Waals surface area contributed by atoms with Crippen molar-refractivity contribution >= 4 is 11.7 Å². The Balaban J connectivity index is 1.68. The van der Waals surface area contributed by atoms with Gasteiger partial charge in [-0.05, 0) is 36.6 Å². The summed E-state index contributed by atoms with van der Waals surface area (Å²) < 4.78 is 5.07. The molecule has 4 nitrogen and oxygen atoms in total. The third-order valence-corrected chi connectivity index (χ3v) is 3.66. The molecule has 0 unspecified atom stereocenters. The number of benzene rings is 1. The zero-order chi connectivity index (χ0) is 13.5. The van der Waals surface area contributed by atoms with Gasteiger partial charge in [0, 0.05) is 12.2 Å². The predicted molar refractivity (Wildman–Crippen MR) is 76.6 cm³/mol. The van der Waals surface area contributed by atoms with E-state index in [1.807, 2.05) is 24.3 Å². The maximum Gasteiger partial charge on any atom is 0.319 e. The van der Waals surface area contributed by atoms with Crippen LogP contribution in [-0.4, -0.2) is 19.7 Å². The lowest BCUT2D eigenvalue weighted by Gasteiger charge is -2.11. The fraction of sp³-hybridized carbons (Fsp3) is 0.533. The summed E-state index contributed by atoms with van der Waals surface area (Å²) in [5, 5.41) is 5.72. The minimum absolute atomic E-state index is 0.136. The number of ether oxygens (including phenoxy) is 1. The third kappa shape index (κ3) is 4.47. The van der Waals surface area contributed by atoms with Crippen molar-refractivity contribution in [1.29, 1.82) is 0 Å². The SMILES string of the molecule is COc1ccc(NC(=O)NCCC2CCCC2)cc1. The molecule has 0 saturated heterocycles. The summed E-state index contributed by atoms with van der Waals surface area (Å²) in [6, 6.07) is 7.18. The molecule has 0 spiro atoms. The molecule has 1 saturated carbocycles. The van der Waals surface area contributed by atoms with Crippen LogP contribution in [0.4, 0.5) is 10.5 Å². The highest BCUT2D eigenvalue weighted by atomic mass is 16.5. The molecule has 2 amide bonds. The Morgan fingerprint density at radius 1 is 1.26 bits per heavy atom. The van der Waals surface area contributed by atoms with Gasteiger partial charge in [0.1, 0.15) is 5.75 Å². The van der Waals surface area contributed by atoms with Crippen LogP contribution in [0.5, 0.6) is 5.75 Å². The number of hydrogen-bond donors (Lipinski definition) is 2. The van der Waals surface area contributed by atoms with Gasteiger partial charge >= 0.3 is 6.03 Å². The van der Waals surface area contributed by atoms with Crippen LogP contribution < -0.4 is 15.4 Å². The first kappa shape index (κ1) is 13.7. The van der Waals surface area contributed by atoms with Crippen molar-refractivity contribution in [3.05, 3.63) is 24.3 Å². The van der Waals surface area contributed by atoms with Crippen molar-refractivity contribution in [3.63, 3.8) is 0 Å². The van der Waals surface area contributed by atoms with E-state index in [9.17, 15) is 4.79 Å². The molecule has 2 rings (SSSR count). The monoisotopic (exact) mass is 262 g/mol. The predicted octanol–water partition coefficient (Wildman–Crippen LogP) is 3.40. The molecule has 1 aliphatic rings. The summed E-state index contributed by atoms with van der Waals surface area (Å²) in [4.78, 5) is 11.7. The van der Waals surface area contributed by atoms with Crippen molar-refractivity contribution < 1.29 is 9.53 Å². The van der Waals surface area contributed by atoms with Crippen LogP contribution in [0.1, 0.15) is 32.1 Å². The van der Waals surface area contributed by atoms with Gasteiger partial charge in [-0.15, -0.1) is 0 Å². The Hall–Kier alpha value is -1.71. The molecular weight excluding hydrogens is 240 g/mol. The molecule has 4 heteroatoms. The van der Waals surface area contributed by atoms with Gasteiger partial charge in [-0.1, -0.05) is 25.7 Å². The number of nitrogens with one attached hydrogen (secondary N) is 2. The Morgan fingerprint density at radius 2 is 1.95 bits per heavy atom. The maximum absolute atomic E-state index is 11.7. The quantitative estimate of drug-likeness (QED) is 0.854. The highest BCUT2D eigenvalue weighted by Gasteiger charge is 2.14. The number of amides is 2. The largest absolute Gasteiger partial charge is 0.497 e. The zero-order valence-corrected chi connectivity index (χ0v) is 11.4. The summed E-state index contributed by atoms with van der Waals surface area (Å²) in [5.74, 6) is 1.59. The molecule has 1 fully saturated rings. The first-order valence-electron chi connectivity index (χ1n) is 6.97. The lowest BCUT2D eigenvalue weighted by Crippen LogP contribution is -2.30. The second-order valence-corrected chi connectivity index (χ2v) is 5.05. The van der Waals surface area contributed by atoms with Crippen LogP contribution in [0.15, 0.2) is 24.3 Å². The van der Waals surface area contributed by atoms with Crippen molar-refractivity contribution in [2.45, 2.75) is 32.1 Å². The molecular formula is C15H22N2O2. The first-order valence-corrected chi connectivity index (χ1v) is 6.97. The standard InChI is InChI=1S/C15H22N2O2/c1-19-14-8-6-13(7-9-14)17-15(18)16-11-10-12-4-2-3-5-12/h6-9,12H,2-5,10-11H2,1H3,(H2,16,17,18). The molecule has 2 N–H and O–H groups in total. The summed E-state index contributed by atoms with van der Waals surface area (Å²) in [6.07, 6.45) is 6.44. The van der Waals surface area contributed by atoms with Crippen molar-refractivity contribution in [1.82, 2.24) is 5.32 Å². The molecule has 0 radical (unpaired) electrons. The number of anilines is 1. The summed E-state index contributed by atoms with van der Waals surface area (Å²) in [7, 11) is 1.62. The Bertz CT molecular complexity index is 397. The van der Waals surface area contributed by atoms with E-state index in [0.29, 0.717) is 0 Å². The fourth-order valence-corrected chi connectivity index (χ4v) is 2.54. The van der Waals surface area contributed by atoms with E-state index in [4.69, 9.17) is 4.74 Å². The molecule has 0 aliphatic heterocycles. The van der Waals surface area contributed by atoms with Crippen molar-refractivity contribution in [2.24, 2.45) is 5.92 Å². The topological polar surface area (TPSA) is 50.4 Å². The molecule has 0 atom stereocenters. The summed E-state index contributed by atoms with van der Waals surface area (Å²) >= 11 is 0. The number of methoxy groups -OCH3 is 1. The van der Waals surface area contributed by atoms with Crippen molar-refractivity contribution in [2.75, 3.05) is 19.0 Å². The van der Waals surface area contributed by atoms with E-state index in [1.54, 1.807) is 7.11 Å². The molecule has 19 heavy (non-hydrogen) atoms. The Kier molecular flexibility index (Phi) is 5.07. The lowest BCUT2D eigenvalue weighted by atomic mass is 10.0. The average Bonchev–Trinajstić information content (AvgIpc) is 2.93. The zero-order valence-electron chi connectivity index (χ0n) is 11.4. The van der Waals surface area contributed by atoms with Gasteiger partial charge in [-0.2, -0.15) is 0 Å². The summed E-state index contributed by atoms with van der Waals surface area (Å²) in [5.41, 5.74) is 0.777. The molecule has 0 bridgehead atoms. The van der Waals surface area contributed by atoms with E-state index in [-0.39, 0.29) is 6.03 Å². The Labute approximate surface area is 114 Å². The first-order chi connectivity index (χ1) is 9.28. The highest BCUT2D eigenvalue weighted by molar-refractivity contribution is 5.89. The second-order valence-electron chi connectivity index (χ2n) is 5.05. The second kappa shape index (κ2) is 7.02. The van der Waals surface area contributed by atoms with Crippen LogP contribution in [0.25, 0.3) is 0 Å². The summed E-state index contributed by atoms with van der Waals surface area (Å²) in [6.45, 7) is 0.757. The van der Waals surface area contributed by atoms with E-state index in [0.717, 1.165) is 30.3 Å². The fourth-order valence-electron chi connectivity index (χ4n) is 2.54. The smallest absolute Gasteiger partial charge is 0.319 e. The van der Waals surface area contributed by atoms with E-state index in [2.05, 4.69) is 10.6 Å². The van der Waals surface area contributed by atoms with Crippen LogP contribution in [0.2, 0.25) is 0 Å². The van der Waals surface area contributed by atoms with E-state index < -0.39 is 0 Å². The van der Waals surface area contributed by atoms with Gasteiger partial charge in [0.2, 0.25) is 0 Å². The number of hydrogen-bond acceptors (Lipinski definition) is 2. The Morgan fingerprint density at radius 3 is 2.58 bits per heavy atom. The van der Waals surface area contributed by atoms with E-state index in [1.165, 1.54) is 25.7 Å². The third-order valence-electron chi connectivity index (χ3n) is 3.66. The van der Waals surface area contributed by atoms with Crippen molar-refractivity contribution in [3.8, 4) is 5.75 Å². The molecule has 104 valence electrons. The number of urea groups is 1. The number of carbonyl (C=O) groups excluding carboxylic acids is 1. The molecule has 0 aromatic heterocycles. The maximum atomic E-state index is 11.7. The highest BCUT2D eigenvalue weighted by Crippen LogP contribution is 2.26. The number of carbonyl (C=O) groups is 1. The molecule has 1 aromatic carbocycles. The van der Waals surface area contributed by atoms with Crippen LogP contribution >= 0.6 is 0 Å². The van der Waals surface area contributed by atoms with Gasteiger partial charge in [0.15, 0.2) is 0 Å². The molecule has 0 heterocycles. The van der Waals surface area contributed by atoms with Gasteiger partial charge < -0.3 is 15.4 Å². The molecule has 1 aromatic rings. The van der Waals surface area contributed by atoms with Crippen LogP contribution in [0, 0.1) is 5.92 Å². The van der Waals surface area contributed by atoms with Crippen LogP contribution in [-0.2, 0) is 0 Å². The number of rotatable bonds is 5.